The monoisotopic (exact) mass is 238 g/mol. The number of ether oxygens (including phenoxy) is 1. The molecule has 0 unspecified atom stereocenters. The first-order chi connectivity index (χ1) is 8.07. The summed E-state index contributed by atoms with van der Waals surface area (Å²) in [4.78, 5) is 11.2. The van der Waals surface area contributed by atoms with Gasteiger partial charge in [-0.05, 0) is 33.1 Å². The standard InChI is InChI=1S/C14H22O3/c1-4-5-6-7-8-9-10-11-14(16)17-13(3)12(2)15/h4-6,10-13,15H,1,7-9H2,2-3H3/b6-5+,11-10+/t12-,13-/m1/s1. The van der Waals surface area contributed by atoms with E-state index < -0.39 is 18.2 Å². The lowest BCUT2D eigenvalue weighted by Crippen LogP contribution is -2.24. The molecule has 2 atom stereocenters. The van der Waals surface area contributed by atoms with Gasteiger partial charge in [-0.2, -0.15) is 0 Å². The van der Waals surface area contributed by atoms with Crippen LogP contribution in [0.1, 0.15) is 33.1 Å². The van der Waals surface area contributed by atoms with Gasteiger partial charge in [0.1, 0.15) is 6.10 Å². The third-order valence-corrected chi connectivity index (χ3v) is 2.25. The predicted octanol–water partition coefficient (Wildman–Crippen LogP) is 2.77. The Morgan fingerprint density at radius 1 is 1.35 bits per heavy atom. The molecule has 0 radical (unpaired) electrons. The van der Waals surface area contributed by atoms with E-state index in [0.29, 0.717) is 0 Å². The van der Waals surface area contributed by atoms with Crippen LogP contribution in [0.5, 0.6) is 0 Å². The van der Waals surface area contributed by atoms with Gasteiger partial charge in [0.15, 0.2) is 0 Å². The number of aliphatic hydroxyl groups excluding tert-OH is 1. The van der Waals surface area contributed by atoms with Crippen molar-refractivity contribution in [1.29, 1.82) is 0 Å². The molecule has 0 aliphatic heterocycles. The zero-order valence-corrected chi connectivity index (χ0v) is 10.6. The Hall–Kier alpha value is -1.35. The van der Waals surface area contributed by atoms with Crippen LogP contribution in [-0.2, 0) is 9.53 Å². The topological polar surface area (TPSA) is 46.5 Å². The molecule has 0 spiro atoms. The first-order valence-corrected chi connectivity index (χ1v) is 5.90. The molecule has 0 rings (SSSR count). The van der Waals surface area contributed by atoms with Gasteiger partial charge in [-0.25, -0.2) is 4.79 Å². The molecule has 0 saturated carbocycles. The molecule has 0 aromatic rings. The molecule has 0 aliphatic rings. The van der Waals surface area contributed by atoms with Gasteiger partial charge in [0.05, 0.1) is 6.10 Å². The van der Waals surface area contributed by atoms with E-state index in [4.69, 9.17) is 9.84 Å². The van der Waals surface area contributed by atoms with Gasteiger partial charge in [0.2, 0.25) is 0 Å². The van der Waals surface area contributed by atoms with E-state index >= 15 is 0 Å². The van der Waals surface area contributed by atoms with Crippen molar-refractivity contribution in [3.63, 3.8) is 0 Å². The Bertz CT molecular complexity index is 277. The van der Waals surface area contributed by atoms with Crippen molar-refractivity contribution >= 4 is 5.97 Å². The molecule has 1 N–H and O–H groups in total. The number of hydrogen-bond acceptors (Lipinski definition) is 3. The van der Waals surface area contributed by atoms with Crippen molar-refractivity contribution in [2.24, 2.45) is 0 Å². The zero-order chi connectivity index (χ0) is 13.1. The first-order valence-electron chi connectivity index (χ1n) is 5.90. The number of hydrogen-bond donors (Lipinski definition) is 1. The predicted molar refractivity (Wildman–Crippen MR) is 69.6 cm³/mol. The molecule has 0 fully saturated rings. The molecular formula is C14H22O3. The maximum Gasteiger partial charge on any atom is 0.330 e. The maximum atomic E-state index is 11.2. The van der Waals surface area contributed by atoms with Gasteiger partial charge in [-0.3, -0.25) is 0 Å². The number of carbonyl (C=O) groups excluding carboxylic acids is 1. The molecule has 3 heteroatoms. The highest BCUT2D eigenvalue weighted by atomic mass is 16.6. The number of allylic oxidation sites excluding steroid dienone is 4. The summed E-state index contributed by atoms with van der Waals surface area (Å²) in [7, 11) is 0. The lowest BCUT2D eigenvalue weighted by Gasteiger charge is -2.13. The van der Waals surface area contributed by atoms with Crippen LogP contribution in [0.2, 0.25) is 0 Å². The first kappa shape index (κ1) is 15.7. The van der Waals surface area contributed by atoms with E-state index in [1.165, 1.54) is 6.08 Å². The largest absolute Gasteiger partial charge is 0.457 e. The van der Waals surface area contributed by atoms with Crippen molar-refractivity contribution in [2.75, 3.05) is 0 Å². The number of rotatable bonds is 8. The lowest BCUT2D eigenvalue weighted by molar-refractivity contribution is -0.146. The molecule has 0 aliphatic carbocycles. The fraction of sp³-hybridized carbons (Fsp3) is 0.500. The van der Waals surface area contributed by atoms with Crippen molar-refractivity contribution in [2.45, 2.75) is 45.3 Å². The molecule has 0 amide bonds. The van der Waals surface area contributed by atoms with E-state index in [9.17, 15) is 4.79 Å². The fourth-order valence-electron chi connectivity index (χ4n) is 1.05. The van der Waals surface area contributed by atoms with Gasteiger partial charge in [-0.15, -0.1) is 0 Å². The molecule has 17 heavy (non-hydrogen) atoms. The van der Waals surface area contributed by atoms with Gasteiger partial charge in [0, 0.05) is 6.08 Å². The summed E-state index contributed by atoms with van der Waals surface area (Å²) >= 11 is 0. The SMILES string of the molecule is C=C/C=C/CCC/C=C/C(=O)O[C@H](C)[C@@H](C)O. The quantitative estimate of drug-likeness (QED) is 0.306. The second-order valence-corrected chi connectivity index (χ2v) is 3.88. The molecule has 0 aromatic carbocycles. The summed E-state index contributed by atoms with van der Waals surface area (Å²) in [6.07, 6.45) is 10.6. The molecule has 0 heterocycles. The minimum atomic E-state index is -0.642. The average molecular weight is 238 g/mol. The Labute approximate surface area is 103 Å². The number of esters is 1. The number of unbranched alkanes of at least 4 members (excludes halogenated alkanes) is 2. The van der Waals surface area contributed by atoms with Crippen LogP contribution in [0.4, 0.5) is 0 Å². The van der Waals surface area contributed by atoms with E-state index in [0.717, 1.165) is 19.3 Å². The normalized spacial score (nSPS) is 15.0. The van der Waals surface area contributed by atoms with E-state index in [1.54, 1.807) is 26.0 Å². The van der Waals surface area contributed by atoms with Crippen LogP contribution in [0, 0.1) is 0 Å². The zero-order valence-electron chi connectivity index (χ0n) is 10.6. The summed E-state index contributed by atoms with van der Waals surface area (Å²) in [5, 5.41) is 9.14. The lowest BCUT2D eigenvalue weighted by atomic mass is 10.2. The van der Waals surface area contributed by atoms with Gasteiger partial charge in [0.25, 0.3) is 0 Å². The molecule has 0 aromatic heterocycles. The van der Waals surface area contributed by atoms with Crippen LogP contribution in [0.25, 0.3) is 0 Å². The Balaban J connectivity index is 3.67. The minimum absolute atomic E-state index is 0.403. The Kier molecular flexibility index (Phi) is 9.06. The van der Waals surface area contributed by atoms with Gasteiger partial charge < -0.3 is 9.84 Å². The third kappa shape index (κ3) is 9.57. The maximum absolute atomic E-state index is 11.2. The van der Waals surface area contributed by atoms with E-state index in [2.05, 4.69) is 6.58 Å². The highest BCUT2D eigenvalue weighted by molar-refractivity contribution is 5.82. The van der Waals surface area contributed by atoms with Crippen molar-refractivity contribution in [1.82, 2.24) is 0 Å². The third-order valence-electron chi connectivity index (χ3n) is 2.25. The smallest absolute Gasteiger partial charge is 0.330 e. The summed E-state index contributed by atoms with van der Waals surface area (Å²) < 4.78 is 4.95. The van der Waals surface area contributed by atoms with Crippen molar-refractivity contribution < 1.29 is 14.6 Å². The second kappa shape index (κ2) is 9.85. The Morgan fingerprint density at radius 3 is 2.59 bits per heavy atom. The highest BCUT2D eigenvalue weighted by Crippen LogP contribution is 2.01. The summed E-state index contributed by atoms with van der Waals surface area (Å²) in [5.74, 6) is -0.403. The number of carbonyl (C=O) groups is 1. The molecule has 96 valence electrons. The van der Waals surface area contributed by atoms with Gasteiger partial charge >= 0.3 is 5.97 Å². The second-order valence-electron chi connectivity index (χ2n) is 3.88. The van der Waals surface area contributed by atoms with Crippen LogP contribution in [-0.4, -0.2) is 23.3 Å². The van der Waals surface area contributed by atoms with Crippen molar-refractivity contribution in [3.8, 4) is 0 Å². The molecule has 3 nitrogen and oxygen atoms in total. The average Bonchev–Trinajstić information content (AvgIpc) is 2.27. The molecule has 0 saturated heterocycles. The van der Waals surface area contributed by atoms with E-state index in [1.807, 2.05) is 12.2 Å². The van der Waals surface area contributed by atoms with Crippen LogP contribution in [0.3, 0.4) is 0 Å². The van der Waals surface area contributed by atoms with Crippen molar-refractivity contribution in [3.05, 3.63) is 37.0 Å². The molecular weight excluding hydrogens is 216 g/mol. The fourth-order valence-corrected chi connectivity index (χ4v) is 1.05. The van der Waals surface area contributed by atoms with Crippen LogP contribution < -0.4 is 0 Å². The van der Waals surface area contributed by atoms with Crippen LogP contribution in [0.15, 0.2) is 37.0 Å². The molecule has 0 bridgehead atoms. The highest BCUT2D eigenvalue weighted by Gasteiger charge is 2.11. The minimum Gasteiger partial charge on any atom is -0.457 e. The number of aliphatic hydroxyl groups is 1. The summed E-state index contributed by atoms with van der Waals surface area (Å²) in [6, 6.07) is 0. The van der Waals surface area contributed by atoms with Gasteiger partial charge in [-0.1, -0.05) is 30.9 Å². The van der Waals surface area contributed by atoms with Crippen LogP contribution >= 0.6 is 0 Å². The van der Waals surface area contributed by atoms with E-state index in [-0.39, 0.29) is 0 Å². The summed E-state index contributed by atoms with van der Waals surface area (Å²) in [5.41, 5.74) is 0. The summed E-state index contributed by atoms with van der Waals surface area (Å²) in [6.45, 7) is 6.83. The Morgan fingerprint density at radius 2 is 2.00 bits per heavy atom.